The van der Waals surface area contributed by atoms with Crippen LogP contribution in [-0.4, -0.2) is 42.0 Å². The summed E-state index contributed by atoms with van der Waals surface area (Å²) in [5, 5.41) is 11.1. The summed E-state index contributed by atoms with van der Waals surface area (Å²) in [6.45, 7) is 0.652. The van der Waals surface area contributed by atoms with Crippen LogP contribution in [0.3, 0.4) is 0 Å². The van der Waals surface area contributed by atoms with Crippen molar-refractivity contribution in [1.29, 1.82) is 0 Å². The second-order valence-electron chi connectivity index (χ2n) is 7.65. The third kappa shape index (κ3) is 3.94. The van der Waals surface area contributed by atoms with E-state index in [1.54, 1.807) is 12.1 Å². The van der Waals surface area contributed by atoms with Crippen LogP contribution in [-0.2, 0) is 22.9 Å². The number of halogens is 1. The molecule has 4 aromatic rings. The maximum absolute atomic E-state index is 13.4. The fraction of sp³-hybridized carbons (Fsp3) is 0.174. The van der Waals surface area contributed by atoms with Crippen molar-refractivity contribution in [3.05, 3.63) is 88.8 Å². The Bertz CT molecular complexity index is 1470. The van der Waals surface area contributed by atoms with Gasteiger partial charge in [-0.25, -0.2) is 8.42 Å². The third-order valence-corrected chi connectivity index (χ3v) is 7.92. The van der Waals surface area contributed by atoms with E-state index < -0.39 is 15.9 Å². The van der Waals surface area contributed by atoms with Crippen molar-refractivity contribution in [3.8, 4) is 0 Å². The zero-order chi connectivity index (χ0) is 23.0. The number of rotatable bonds is 6. The molecule has 0 spiro atoms. The molecule has 5 rings (SSSR count). The number of para-hydroxylation sites is 1. The normalized spacial score (nSPS) is 13.3. The number of anilines is 1. The number of nitrogens with one attached hydrogen (secondary N) is 1. The smallest absolute Gasteiger partial charge is 0.265 e. The lowest BCUT2D eigenvalue weighted by molar-refractivity contribution is 0.0953. The van der Waals surface area contributed by atoms with Gasteiger partial charge in [0.05, 0.1) is 10.7 Å². The number of carbonyl (C=O) groups is 1. The highest BCUT2D eigenvalue weighted by molar-refractivity contribution is 7.93. The van der Waals surface area contributed by atoms with Gasteiger partial charge in [-0.3, -0.25) is 13.5 Å². The lowest BCUT2D eigenvalue weighted by Gasteiger charge is -2.20. The standard InChI is InChI=1S/C23H20ClN5O3S/c24-18-9-8-17(23(30)25-12-10-22-27-26-21-7-3-4-13-28(21)22)15-20(18)33(31,32)29-14-11-16-5-1-2-6-19(16)29/h1-9,13,15H,10-12,14H2,(H,25,30). The van der Waals surface area contributed by atoms with E-state index in [4.69, 9.17) is 11.6 Å². The Kier molecular flexibility index (Phi) is 5.51. The molecular weight excluding hydrogens is 462 g/mol. The molecule has 1 N–H and O–H groups in total. The molecule has 2 aromatic heterocycles. The summed E-state index contributed by atoms with van der Waals surface area (Å²) in [5.41, 5.74) is 2.56. The Morgan fingerprint density at radius 3 is 2.76 bits per heavy atom. The molecule has 0 radical (unpaired) electrons. The quantitative estimate of drug-likeness (QED) is 0.456. The van der Waals surface area contributed by atoms with Gasteiger partial charge in [0.25, 0.3) is 15.9 Å². The van der Waals surface area contributed by atoms with Crippen molar-refractivity contribution < 1.29 is 13.2 Å². The number of hydrogen-bond donors (Lipinski definition) is 1. The fourth-order valence-corrected chi connectivity index (χ4v) is 5.98. The fourth-order valence-electron chi connectivity index (χ4n) is 3.97. The second kappa shape index (κ2) is 8.49. The summed E-state index contributed by atoms with van der Waals surface area (Å²) < 4.78 is 30.0. The lowest BCUT2D eigenvalue weighted by atomic mass is 10.2. The summed E-state index contributed by atoms with van der Waals surface area (Å²) in [7, 11) is -3.92. The second-order valence-corrected chi connectivity index (χ2v) is 9.89. The van der Waals surface area contributed by atoms with E-state index in [-0.39, 0.29) is 15.5 Å². The minimum absolute atomic E-state index is 0.0749. The molecule has 10 heteroatoms. The SMILES string of the molecule is O=C(NCCc1nnc2ccccn12)c1ccc(Cl)c(S(=O)(=O)N2CCc3ccccc32)c1. The molecule has 0 saturated heterocycles. The predicted octanol–water partition coefficient (Wildman–Crippen LogP) is 3.11. The number of carbonyl (C=O) groups excluding carboxylic acids is 1. The lowest BCUT2D eigenvalue weighted by Crippen LogP contribution is -2.30. The van der Waals surface area contributed by atoms with Gasteiger partial charge in [0.1, 0.15) is 10.7 Å². The van der Waals surface area contributed by atoms with Gasteiger partial charge in [0.2, 0.25) is 0 Å². The van der Waals surface area contributed by atoms with Gasteiger partial charge in [-0.2, -0.15) is 0 Å². The van der Waals surface area contributed by atoms with Crippen LogP contribution in [0.4, 0.5) is 5.69 Å². The number of benzene rings is 2. The average molecular weight is 482 g/mol. The van der Waals surface area contributed by atoms with Gasteiger partial charge in [-0.1, -0.05) is 35.9 Å². The number of nitrogens with zero attached hydrogens (tertiary/aromatic N) is 4. The van der Waals surface area contributed by atoms with Gasteiger partial charge in [-0.05, 0) is 48.4 Å². The Morgan fingerprint density at radius 1 is 1.06 bits per heavy atom. The number of sulfonamides is 1. The van der Waals surface area contributed by atoms with E-state index in [1.165, 1.54) is 22.5 Å². The van der Waals surface area contributed by atoms with Crippen LogP contribution in [0.2, 0.25) is 5.02 Å². The van der Waals surface area contributed by atoms with Crippen molar-refractivity contribution in [2.75, 3.05) is 17.4 Å². The Morgan fingerprint density at radius 2 is 1.88 bits per heavy atom. The third-order valence-electron chi connectivity index (χ3n) is 5.62. The van der Waals surface area contributed by atoms with Crippen LogP contribution in [0.5, 0.6) is 0 Å². The summed E-state index contributed by atoms with van der Waals surface area (Å²) in [6, 6.07) is 17.3. The first-order chi connectivity index (χ1) is 15.9. The Labute approximate surface area is 195 Å². The number of pyridine rings is 1. The highest BCUT2D eigenvalue weighted by Crippen LogP contribution is 2.35. The van der Waals surface area contributed by atoms with Gasteiger partial charge in [0, 0.05) is 31.3 Å². The van der Waals surface area contributed by atoms with Gasteiger partial charge >= 0.3 is 0 Å². The first-order valence-electron chi connectivity index (χ1n) is 10.4. The molecule has 1 aliphatic heterocycles. The molecule has 1 aliphatic rings. The van der Waals surface area contributed by atoms with Crippen LogP contribution in [0.1, 0.15) is 21.7 Å². The Balaban J connectivity index is 1.33. The van der Waals surface area contributed by atoms with Crippen molar-refractivity contribution in [1.82, 2.24) is 19.9 Å². The minimum atomic E-state index is -3.92. The van der Waals surface area contributed by atoms with Crippen molar-refractivity contribution in [2.45, 2.75) is 17.7 Å². The molecule has 168 valence electrons. The number of aromatic nitrogens is 3. The van der Waals surface area contributed by atoms with Gasteiger partial charge in [0.15, 0.2) is 5.65 Å². The zero-order valence-corrected chi connectivity index (χ0v) is 19.1. The van der Waals surface area contributed by atoms with E-state index in [0.717, 1.165) is 17.0 Å². The summed E-state index contributed by atoms with van der Waals surface area (Å²) in [6.07, 6.45) is 2.96. The summed E-state index contributed by atoms with van der Waals surface area (Å²) >= 11 is 6.26. The van der Waals surface area contributed by atoms with E-state index in [2.05, 4.69) is 15.5 Å². The monoisotopic (exact) mass is 481 g/mol. The molecule has 3 heterocycles. The first-order valence-corrected chi connectivity index (χ1v) is 12.2. The molecule has 0 atom stereocenters. The van der Waals surface area contributed by atoms with Crippen LogP contribution in [0.25, 0.3) is 5.65 Å². The molecule has 8 nitrogen and oxygen atoms in total. The maximum atomic E-state index is 13.4. The summed E-state index contributed by atoms with van der Waals surface area (Å²) in [4.78, 5) is 12.7. The van der Waals surface area contributed by atoms with Gasteiger partial charge < -0.3 is 5.32 Å². The molecule has 0 saturated carbocycles. The van der Waals surface area contributed by atoms with E-state index in [1.807, 2.05) is 40.9 Å². The number of amides is 1. The first kappa shape index (κ1) is 21.4. The van der Waals surface area contributed by atoms with Crippen LogP contribution in [0.15, 0.2) is 71.8 Å². The van der Waals surface area contributed by atoms with E-state index in [9.17, 15) is 13.2 Å². The van der Waals surface area contributed by atoms with Gasteiger partial charge in [-0.15, -0.1) is 10.2 Å². The largest absolute Gasteiger partial charge is 0.352 e. The average Bonchev–Trinajstić information content (AvgIpc) is 3.44. The molecule has 0 unspecified atom stereocenters. The molecule has 2 aromatic carbocycles. The Hall–Kier alpha value is -3.43. The van der Waals surface area contributed by atoms with E-state index >= 15 is 0 Å². The molecule has 1 amide bonds. The number of fused-ring (bicyclic) bond motifs is 2. The van der Waals surface area contributed by atoms with Crippen molar-refractivity contribution in [2.24, 2.45) is 0 Å². The molecule has 0 bridgehead atoms. The number of hydrogen-bond acceptors (Lipinski definition) is 5. The highest BCUT2D eigenvalue weighted by Gasteiger charge is 2.32. The van der Waals surface area contributed by atoms with E-state index in [0.29, 0.717) is 31.6 Å². The topological polar surface area (TPSA) is 96.7 Å². The molecule has 33 heavy (non-hydrogen) atoms. The summed E-state index contributed by atoms with van der Waals surface area (Å²) in [5.74, 6) is 0.330. The van der Waals surface area contributed by atoms with Crippen LogP contribution < -0.4 is 9.62 Å². The maximum Gasteiger partial charge on any atom is 0.265 e. The van der Waals surface area contributed by atoms with Crippen LogP contribution in [0, 0.1) is 0 Å². The van der Waals surface area contributed by atoms with Crippen molar-refractivity contribution >= 4 is 38.9 Å². The molecular formula is C23H20ClN5O3S. The zero-order valence-electron chi connectivity index (χ0n) is 17.5. The highest BCUT2D eigenvalue weighted by atomic mass is 35.5. The van der Waals surface area contributed by atoms with Crippen LogP contribution >= 0.6 is 11.6 Å². The van der Waals surface area contributed by atoms with Crippen molar-refractivity contribution in [3.63, 3.8) is 0 Å². The molecule has 0 aliphatic carbocycles. The predicted molar refractivity (Wildman–Crippen MR) is 125 cm³/mol. The minimum Gasteiger partial charge on any atom is -0.352 e. The molecule has 0 fully saturated rings.